The molecule has 0 saturated carbocycles. The zero-order valence-corrected chi connectivity index (χ0v) is 20.3. The molecule has 1 atom stereocenters. The molecule has 0 bridgehead atoms. The highest BCUT2D eigenvalue weighted by atomic mass is 127. The van der Waals surface area contributed by atoms with E-state index in [1.807, 2.05) is 0 Å². The van der Waals surface area contributed by atoms with Gasteiger partial charge in [0.1, 0.15) is 12.2 Å². The van der Waals surface area contributed by atoms with Crippen molar-refractivity contribution in [1.29, 1.82) is 0 Å². The van der Waals surface area contributed by atoms with Crippen molar-refractivity contribution in [2.24, 2.45) is 4.99 Å². The van der Waals surface area contributed by atoms with Crippen LogP contribution in [0.3, 0.4) is 0 Å². The molecule has 0 spiro atoms. The Morgan fingerprint density at radius 2 is 2.00 bits per heavy atom. The molecule has 1 aromatic heterocycles. The predicted octanol–water partition coefficient (Wildman–Crippen LogP) is 4.04. The van der Waals surface area contributed by atoms with Crippen molar-refractivity contribution in [3.05, 3.63) is 47.0 Å². The van der Waals surface area contributed by atoms with Gasteiger partial charge in [-0.15, -0.1) is 34.2 Å². The van der Waals surface area contributed by atoms with Gasteiger partial charge in [-0.2, -0.15) is 0 Å². The lowest BCUT2D eigenvalue weighted by atomic mass is 9.89. The van der Waals surface area contributed by atoms with Gasteiger partial charge in [0.15, 0.2) is 5.96 Å². The molecular weight excluding hydrogens is 475 g/mol. The van der Waals surface area contributed by atoms with E-state index in [1.165, 1.54) is 42.4 Å². The van der Waals surface area contributed by atoms with Gasteiger partial charge in [0, 0.05) is 26.1 Å². The maximum Gasteiger partial charge on any atom is 0.191 e. The van der Waals surface area contributed by atoms with Crippen LogP contribution in [0.15, 0.2) is 29.5 Å². The molecule has 0 aliphatic heterocycles. The van der Waals surface area contributed by atoms with E-state index in [0.29, 0.717) is 0 Å². The topological polar surface area (TPSA) is 67.1 Å². The van der Waals surface area contributed by atoms with Gasteiger partial charge in [-0.1, -0.05) is 32.0 Å². The largest absolute Gasteiger partial charge is 0.355 e. The molecule has 2 N–H and O–H groups in total. The number of aryl methyl sites for hydroxylation is 3. The fraction of sp³-hybridized carbons (Fsp3) is 0.591. The summed E-state index contributed by atoms with van der Waals surface area (Å²) in [5, 5.41) is 15.2. The Hall–Kier alpha value is -1.64. The average molecular weight is 510 g/mol. The molecule has 6 nitrogen and oxygen atoms in total. The second-order valence-electron chi connectivity index (χ2n) is 7.55. The maximum absolute atomic E-state index is 4.71. The first kappa shape index (κ1) is 23.6. The van der Waals surface area contributed by atoms with Crippen LogP contribution in [0.1, 0.15) is 68.6 Å². The minimum absolute atomic E-state index is 0. The lowest BCUT2D eigenvalue weighted by molar-refractivity contribution is 0.617. The molecule has 0 radical (unpaired) electrons. The van der Waals surface area contributed by atoms with Gasteiger partial charge >= 0.3 is 0 Å². The highest BCUT2D eigenvalue weighted by Crippen LogP contribution is 2.24. The van der Waals surface area contributed by atoms with Gasteiger partial charge in [-0.05, 0) is 55.7 Å². The summed E-state index contributed by atoms with van der Waals surface area (Å²) in [4.78, 5) is 4.71. The lowest BCUT2D eigenvalue weighted by Crippen LogP contribution is -2.40. The van der Waals surface area contributed by atoms with Crippen LogP contribution in [0.2, 0.25) is 0 Å². The van der Waals surface area contributed by atoms with Crippen molar-refractivity contribution in [1.82, 2.24) is 25.4 Å². The van der Waals surface area contributed by atoms with E-state index in [1.54, 1.807) is 6.33 Å². The number of nitrogens with zero attached hydrogens (tertiary/aromatic N) is 4. The third kappa shape index (κ3) is 6.69. The maximum atomic E-state index is 4.71. The van der Waals surface area contributed by atoms with E-state index < -0.39 is 0 Å². The van der Waals surface area contributed by atoms with E-state index in [0.717, 1.165) is 44.3 Å². The summed E-state index contributed by atoms with van der Waals surface area (Å²) in [6.07, 6.45) is 8.80. The number of guanidine groups is 1. The number of aromatic nitrogens is 3. The fourth-order valence-corrected chi connectivity index (χ4v) is 3.72. The third-order valence-electron chi connectivity index (χ3n) is 5.38. The summed E-state index contributed by atoms with van der Waals surface area (Å²) >= 11 is 0. The number of hydrogen-bond acceptors (Lipinski definition) is 3. The smallest absolute Gasteiger partial charge is 0.191 e. The first-order valence-corrected chi connectivity index (χ1v) is 10.7. The van der Waals surface area contributed by atoms with Gasteiger partial charge in [-0.25, -0.2) is 0 Å². The second-order valence-corrected chi connectivity index (χ2v) is 7.55. The Balaban J connectivity index is 0.00000300. The summed E-state index contributed by atoms with van der Waals surface area (Å²) in [5.74, 6) is 1.89. The highest BCUT2D eigenvalue weighted by Gasteiger charge is 2.13. The summed E-state index contributed by atoms with van der Waals surface area (Å²) in [6, 6.07) is 7.19. The Bertz CT molecular complexity index is 785. The van der Waals surface area contributed by atoms with Crippen molar-refractivity contribution in [2.75, 3.05) is 13.1 Å². The minimum atomic E-state index is 0. The predicted molar refractivity (Wildman–Crippen MR) is 130 cm³/mol. The summed E-state index contributed by atoms with van der Waals surface area (Å²) < 4.78 is 2.09. The Morgan fingerprint density at radius 3 is 2.76 bits per heavy atom. The minimum Gasteiger partial charge on any atom is -0.355 e. The van der Waals surface area contributed by atoms with Gasteiger partial charge in [-0.3, -0.25) is 4.99 Å². The van der Waals surface area contributed by atoms with E-state index in [2.05, 4.69) is 64.4 Å². The van der Waals surface area contributed by atoms with E-state index in [4.69, 9.17) is 4.99 Å². The van der Waals surface area contributed by atoms with Crippen molar-refractivity contribution in [3.63, 3.8) is 0 Å². The highest BCUT2D eigenvalue weighted by molar-refractivity contribution is 14.0. The summed E-state index contributed by atoms with van der Waals surface area (Å²) in [7, 11) is 0. The van der Waals surface area contributed by atoms with E-state index in [-0.39, 0.29) is 30.0 Å². The summed E-state index contributed by atoms with van der Waals surface area (Å²) in [6.45, 7) is 8.90. The number of nitrogens with one attached hydrogen (secondary N) is 2. The third-order valence-corrected chi connectivity index (χ3v) is 5.38. The average Bonchev–Trinajstić information content (AvgIpc) is 3.19. The van der Waals surface area contributed by atoms with E-state index in [9.17, 15) is 0 Å². The quantitative estimate of drug-likeness (QED) is 0.320. The molecule has 1 aliphatic rings. The van der Waals surface area contributed by atoms with Crippen molar-refractivity contribution in [2.45, 2.75) is 71.9 Å². The molecule has 2 aromatic rings. The van der Waals surface area contributed by atoms with Gasteiger partial charge in [0.25, 0.3) is 0 Å². The molecule has 29 heavy (non-hydrogen) atoms. The number of aliphatic imine (C=N–C) groups is 1. The summed E-state index contributed by atoms with van der Waals surface area (Å²) in [5.41, 5.74) is 4.39. The molecule has 7 heteroatoms. The monoisotopic (exact) mass is 510 g/mol. The molecule has 1 aromatic carbocycles. The number of rotatable bonds is 8. The second kappa shape index (κ2) is 12.1. The molecule has 1 unspecified atom stereocenters. The number of hydrogen-bond donors (Lipinski definition) is 2. The van der Waals surface area contributed by atoms with Gasteiger partial charge in [0.05, 0.1) is 6.04 Å². The molecule has 0 amide bonds. The molecule has 1 heterocycles. The SMILES string of the molecule is CCCN=C(NCCn1cnnc1CC)NC(C)c1ccc2c(c1)CCCC2.I. The fourth-order valence-electron chi connectivity index (χ4n) is 3.72. The lowest BCUT2D eigenvalue weighted by Gasteiger charge is -2.22. The number of fused-ring (bicyclic) bond motifs is 1. The van der Waals surface area contributed by atoms with Crippen LogP contribution in [0.4, 0.5) is 0 Å². The van der Waals surface area contributed by atoms with Crippen molar-refractivity contribution < 1.29 is 0 Å². The zero-order valence-electron chi connectivity index (χ0n) is 17.9. The van der Waals surface area contributed by atoms with Gasteiger partial charge < -0.3 is 15.2 Å². The first-order chi connectivity index (χ1) is 13.7. The van der Waals surface area contributed by atoms with Crippen LogP contribution in [-0.2, 0) is 25.8 Å². The van der Waals surface area contributed by atoms with Crippen LogP contribution >= 0.6 is 24.0 Å². The van der Waals surface area contributed by atoms with Crippen LogP contribution in [0.5, 0.6) is 0 Å². The van der Waals surface area contributed by atoms with Crippen molar-refractivity contribution >= 4 is 29.9 Å². The Kier molecular flexibility index (Phi) is 9.90. The number of benzene rings is 1. The van der Waals surface area contributed by atoms with Crippen LogP contribution in [0, 0.1) is 0 Å². The molecule has 1 aliphatic carbocycles. The molecule has 3 rings (SSSR count). The number of halogens is 1. The molecule has 0 saturated heterocycles. The molecular formula is C22H35IN6. The normalized spacial score (nSPS) is 14.7. The first-order valence-electron chi connectivity index (χ1n) is 10.7. The van der Waals surface area contributed by atoms with Crippen molar-refractivity contribution in [3.8, 4) is 0 Å². The molecule has 160 valence electrons. The van der Waals surface area contributed by atoms with Crippen LogP contribution < -0.4 is 10.6 Å². The Morgan fingerprint density at radius 1 is 1.21 bits per heavy atom. The molecule has 0 fully saturated rings. The van der Waals surface area contributed by atoms with Crippen LogP contribution in [-0.4, -0.2) is 33.8 Å². The van der Waals surface area contributed by atoms with Crippen LogP contribution in [0.25, 0.3) is 0 Å². The van der Waals surface area contributed by atoms with E-state index >= 15 is 0 Å². The Labute approximate surface area is 192 Å². The standard InChI is InChI=1S/C22H34N6.HI/c1-4-12-23-22(24-13-14-28-16-25-27-21(28)5-2)26-17(3)19-11-10-18-8-6-7-9-20(18)15-19;/h10-11,15-17H,4-9,12-14H2,1-3H3,(H2,23,24,26);1H. The zero-order chi connectivity index (χ0) is 19.8. The van der Waals surface area contributed by atoms with Gasteiger partial charge in [0.2, 0.25) is 0 Å².